The number of carbonyl (C=O) groups excluding carboxylic acids is 1. The first kappa shape index (κ1) is 17.4. The zero-order valence-corrected chi connectivity index (χ0v) is 12.9. The van der Waals surface area contributed by atoms with Crippen molar-refractivity contribution in [2.75, 3.05) is 11.9 Å². The standard InChI is InChI=1S/C15H23FN2O3/c1-14(2,3)21-13(20)18-11-6-5-10(12(16)7-11)8-15(4,17)9-19/h5-7,19H,8-9,17H2,1-4H3,(H,18,20). The maximum absolute atomic E-state index is 14.0. The van der Waals surface area contributed by atoms with Gasteiger partial charge in [0.05, 0.1) is 6.61 Å². The van der Waals surface area contributed by atoms with Crippen molar-refractivity contribution in [1.29, 1.82) is 0 Å². The van der Waals surface area contributed by atoms with Gasteiger partial charge >= 0.3 is 6.09 Å². The van der Waals surface area contributed by atoms with Crippen molar-refractivity contribution in [2.24, 2.45) is 5.73 Å². The molecular formula is C15H23FN2O3. The van der Waals surface area contributed by atoms with Gasteiger partial charge in [0.1, 0.15) is 11.4 Å². The summed E-state index contributed by atoms with van der Waals surface area (Å²) in [6.07, 6.45) is -0.448. The summed E-state index contributed by atoms with van der Waals surface area (Å²) in [6.45, 7) is 6.62. The first-order valence-electron chi connectivity index (χ1n) is 6.70. The minimum absolute atomic E-state index is 0.196. The van der Waals surface area contributed by atoms with Crippen LogP contribution < -0.4 is 11.1 Å². The fourth-order valence-electron chi connectivity index (χ4n) is 1.68. The average molecular weight is 298 g/mol. The van der Waals surface area contributed by atoms with Gasteiger partial charge in [-0.3, -0.25) is 5.32 Å². The molecule has 0 heterocycles. The second-order valence-electron chi connectivity index (χ2n) is 6.42. The molecule has 0 bridgehead atoms. The first-order valence-corrected chi connectivity index (χ1v) is 6.70. The summed E-state index contributed by atoms with van der Waals surface area (Å²) in [5.74, 6) is -0.492. The summed E-state index contributed by atoms with van der Waals surface area (Å²) in [6, 6.07) is 4.30. The molecule has 0 aliphatic heterocycles. The molecule has 0 spiro atoms. The maximum atomic E-state index is 14.0. The molecule has 1 unspecified atom stereocenters. The number of aliphatic hydroxyl groups excluding tert-OH is 1. The molecule has 1 amide bonds. The van der Waals surface area contributed by atoms with E-state index >= 15 is 0 Å². The SMILES string of the molecule is CC(N)(CO)Cc1ccc(NC(=O)OC(C)(C)C)cc1F. The Morgan fingerprint density at radius 1 is 1.38 bits per heavy atom. The summed E-state index contributed by atoms with van der Waals surface area (Å²) in [4.78, 5) is 11.6. The molecule has 0 fully saturated rings. The summed E-state index contributed by atoms with van der Waals surface area (Å²) >= 11 is 0. The van der Waals surface area contributed by atoms with E-state index in [4.69, 9.17) is 15.6 Å². The van der Waals surface area contributed by atoms with Crippen molar-refractivity contribution < 1.29 is 19.0 Å². The minimum Gasteiger partial charge on any atom is -0.444 e. The Bertz CT molecular complexity index is 510. The summed E-state index contributed by atoms with van der Waals surface area (Å²) in [7, 11) is 0. The van der Waals surface area contributed by atoms with E-state index in [2.05, 4.69) is 5.32 Å². The van der Waals surface area contributed by atoms with E-state index in [1.807, 2.05) is 0 Å². The molecule has 0 saturated carbocycles. The summed E-state index contributed by atoms with van der Waals surface area (Å²) in [5.41, 5.74) is 4.97. The number of hydrogen-bond donors (Lipinski definition) is 3. The van der Waals surface area contributed by atoms with Crippen LogP contribution >= 0.6 is 0 Å². The van der Waals surface area contributed by atoms with Crippen molar-refractivity contribution in [3.63, 3.8) is 0 Å². The fraction of sp³-hybridized carbons (Fsp3) is 0.533. The highest BCUT2D eigenvalue weighted by Gasteiger charge is 2.20. The van der Waals surface area contributed by atoms with Crippen LogP contribution in [0.2, 0.25) is 0 Å². The second kappa shape index (κ2) is 6.41. The molecule has 1 atom stereocenters. The number of amides is 1. The van der Waals surface area contributed by atoms with E-state index in [0.717, 1.165) is 0 Å². The average Bonchev–Trinajstić information content (AvgIpc) is 2.30. The molecule has 6 heteroatoms. The van der Waals surface area contributed by atoms with E-state index in [1.165, 1.54) is 12.1 Å². The normalized spacial score (nSPS) is 14.4. The predicted molar refractivity (Wildman–Crippen MR) is 79.6 cm³/mol. The number of ether oxygens (including phenoxy) is 1. The van der Waals surface area contributed by atoms with Gasteiger partial charge in [0, 0.05) is 11.2 Å². The minimum atomic E-state index is -0.888. The molecule has 1 aromatic rings. The molecule has 21 heavy (non-hydrogen) atoms. The Morgan fingerprint density at radius 2 is 2.00 bits per heavy atom. The summed E-state index contributed by atoms with van der Waals surface area (Å²) in [5, 5.41) is 11.6. The lowest BCUT2D eigenvalue weighted by Crippen LogP contribution is -2.42. The monoisotopic (exact) mass is 298 g/mol. The van der Waals surface area contributed by atoms with Crippen LogP contribution in [0.4, 0.5) is 14.9 Å². The van der Waals surface area contributed by atoms with Crippen molar-refractivity contribution in [3.05, 3.63) is 29.6 Å². The molecule has 0 saturated heterocycles. The number of rotatable bonds is 4. The van der Waals surface area contributed by atoms with Crippen LogP contribution in [0.15, 0.2) is 18.2 Å². The number of anilines is 1. The van der Waals surface area contributed by atoms with Crippen molar-refractivity contribution in [2.45, 2.75) is 45.3 Å². The third-order valence-corrected chi connectivity index (χ3v) is 2.65. The number of nitrogens with one attached hydrogen (secondary N) is 1. The van der Waals surface area contributed by atoms with E-state index in [1.54, 1.807) is 33.8 Å². The number of aliphatic hydroxyl groups is 1. The Morgan fingerprint density at radius 3 is 2.48 bits per heavy atom. The van der Waals surface area contributed by atoms with Crippen LogP contribution in [-0.2, 0) is 11.2 Å². The maximum Gasteiger partial charge on any atom is 0.412 e. The number of benzene rings is 1. The first-order chi connectivity index (χ1) is 9.52. The summed E-state index contributed by atoms with van der Waals surface area (Å²) < 4.78 is 19.1. The Labute approximate surface area is 124 Å². The van der Waals surface area contributed by atoms with Gasteiger partial charge in [-0.1, -0.05) is 6.07 Å². The van der Waals surface area contributed by atoms with Gasteiger partial charge in [-0.25, -0.2) is 9.18 Å². The molecule has 118 valence electrons. The van der Waals surface area contributed by atoms with Crippen molar-refractivity contribution >= 4 is 11.8 Å². The van der Waals surface area contributed by atoms with Gasteiger partial charge in [0.15, 0.2) is 0 Å². The molecule has 0 aliphatic rings. The Kier molecular flexibility index (Phi) is 5.31. The number of carbonyl (C=O) groups is 1. The predicted octanol–water partition coefficient (Wildman–Crippen LogP) is 2.42. The lowest BCUT2D eigenvalue weighted by atomic mass is 9.94. The van der Waals surface area contributed by atoms with Gasteiger partial charge in [-0.15, -0.1) is 0 Å². The number of hydrogen-bond acceptors (Lipinski definition) is 4. The van der Waals surface area contributed by atoms with Gasteiger partial charge < -0.3 is 15.6 Å². The van der Waals surface area contributed by atoms with Gasteiger partial charge in [0.2, 0.25) is 0 Å². The smallest absolute Gasteiger partial charge is 0.412 e. The van der Waals surface area contributed by atoms with Crippen LogP contribution in [0, 0.1) is 5.82 Å². The number of halogens is 1. The van der Waals surface area contributed by atoms with Crippen LogP contribution in [0.1, 0.15) is 33.3 Å². The lowest BCUT2D eigenvalue weighted by Gasteiger charge is -2.22. The van der Waals surface area contributed by atoms with Crippen molar-refractivity contribution in [3.8, 4) is 0 Å². The van der Waals surface area contributed by atoms with Crippen LogP contribution in [0.3, 0.4) is 0 Å². The topological polar surface area (TPSA) is 84.6 Å². The highest BCUT2D eigenvalue weighted by atomic mass is 19.1. The number of nitrogens with two attached hydrogens (primary N) is 1. The van der Waals surface area contributed by atoms with Gasteiger partial charge in [-0.05, 0) is 51.8 Å². The van der Waals surface area contributed by atoms with E-state index in [9.17, 15) is 9.18 Å². The highest BCUT2D eigenvalue weighted by Crippen LogP contribution is 2.19. The lowest BCUT2D eigenvalue weighted by molar-refractivity contribution is 0.0636. The molecule has 5 nitrogen and oxygen atoms in total. The third-order valence-electron chi connectivity index (χ3n) is 2.65. The van der Waals surface area contributed by atoms with Gasteiger partial charge in [-0.2, -0.15) is 0 Å². The molecule has 1 aromatic carbocycles. The third kappa shape index (κ3) is 6.10. The fourth-order valence-corrected chi connectivity index (χ4v) is 1.68. The Balaban J connectivity index is 2.77. The second-order valence-corrected chi connectivity index (χ2v) is 6.42. The zero-order valence-electron chi connectivity index (χ0n) is 12.9. The molecule has 0 aliphatic carbocycles. The van der Waals surface area contributed by atoms with Gasteiger partial charge in [0.25, 0.3) is 0 Å². The molecular weight excluding hydrogens is 275 g/mol. The Hall–Kier alpha value is -1.66. The zero-order chi connectivity index (χ0) is 16.3. The van der Waals surface area contributed by atoms with Crippen LogP contribution in [0.25, 0.3) is 0 Å². The molecule has 1 rings (SSSR count). The quantitative estimate of drug-likeness (QED) is 0.797. The van der Waals surface area contributed by atoms with Crippen LogP contribution in [-0.4, -0.2) is 28.9 Å². The van der Waals surface area contributed by atoms with E-state index < -0.39 is 23.1 Å². The largest absolute Gasteiger partial charge is 0.444 e. The van der Waals surface area contributed by atoms with E-state index in [0.29, 0.717) is 11.3 Å². The molecule has 0 aromatic heterocycles. The van der Waals surface area contributed by atoms with Crippen molar-refractivity contribution in [1.82, 2.24) is 0 Å². The molecule has 4 N–H and O–H groups in total. The molecule has 0 radical (unpaired) electrons. The van der Waals surface area contributed by atoms with Crippen LogP contribution in [0.5, 0.6) is 0 Å². The van der Waals surface area contributed by atoms with E-state index in [-0.39, 0.29) is 13.0 Å². The highest BCUT2D eigenvalue weighted by molar-refractivity contribution is 5.84.